The van der Waals surface area contributed by atoms with Crippen molar-refractivity contribution in [3.05, 3.63) is 131 Å². The second-order valence-electron chi connectivity index (χ2n) is 9.41. The van der Waals surface area contributed by atoms with Gasteiger partial charge >= 0.3 is 0 Å². The first-order valence-corrected chi connectivity index (χ1v) is 14.3. The Morgan fingerprint density at radius 1 is 0.789 bits per heavy atom. The summed E-state index contributed by atoms with van der Waals surface area (Å²) in [4.78, 5) is 19.3. The fourth-order valence-electron chi connectivity index (χ4n) is 5.05. The molecular weight excluding hydrogens is 488 g/mol. The number of rotatable bonds is 9. The molecule has 1 fully saturated rings. The van der Waals surface area contributed by atoms with Crippen LogP contribution < -0.4 is 4.74 Å². The van der Waals surface area contributed by atoms with Crippen molar-refractivity contribution in [3.8, 4) is 5.75 Å². The number of hydrogen-bond donors (Lipinski definition) is 0. The quantitative estimate of drug-likeness (QED) is 0.223. The van der Waals surface area contributed by atoms with Crippen molar-refractivity contribution in [1.29, 1.82) is 0 Å². The van der Waals surface area contributed by atoms with E-state index in [2.05, 4.69) is 77.7 Å². The summed E-state index contributed by atoms with van der Waals surface area (Å²) in [5, 5.41) is 0. The molecule has 1 heterocycles. The zero-order valence-corrected chi connectivity index (χ0v) is 22.6. The first kappa shape index (κ1) is 26.1. The Bertz CT molecular complexity index is 1270. The Morgan fingerprint density at radius 3 is 1.95 bits per heavy atom. The summed E-state index contributed by atoms with van der Waals surface area (Å²) in [5.74, 6) is 1.70. The molecule has 0 spiro atoms. The van der Waals surface area contributed by atoms with E-state index in [1.54, 1.807) is 11.8 Å². The molecular formula is C33H34N2O2S. The summed E-state index contributed by atoms with van der Waals surface area (Å²) < 4.78 is 5.89. The van der Waals surface area contributed by atoms with E-state index in [1.807, 2.05) is 48.2 Å². The predicted octanol–water partition coefficient (Wildman–Crippen LogP) is 6.93. The topological polar surface area (TPSA) is 32.8 Å². The lowest BCUT2D eigenvalue weighted by atomic mass is 9.96. The fourth-order valence-corrected chi connectivity index (χ4v) is 5.95. The van der Waals surface area contributed by atoms with Gasteiger partial charge < -0.3 is 9.64 Å². The Hall–Kier alpha value is -3.54. The fraction of sp³-hybridized carbons (Fsp3) is 0.242. The molecule has 1 amide bonds. The average Bonchev–Trinajstić information content (AvgIpc) is 2.98. The number of piperazine rings is 1. The minimum Gasteiger partial charge on any atom is -0.494 e. The molecule has 4 aromatic carbocycles. The molecule has 194 valence electrons. The Morgan fingerprint density at radius 2 is 1.37 bits per heavy atom. The first-order valence-electron chi connectivity index (χ1n) is 13.3. The van der Waals surface area contributed by atoms with Crippen LogP contribution in [0.4, 0.5) is 0 Å². The molecule has 4 aromatic rings. The normalized spacial score (nSPS) is 14.0. The van der Waals surface area contributed by atoms with Crippen molar-refractivity contribution in [2.75, 3.05) is 32.8 Å². The summed E-state index contributed by atoms with van der Waals surface area (Å²) in [5.41, 5.74) is 4.35. The van der Waals surface area contributed by atoms with Gasteiger partial charge in [-0.25, -0.2) is 0 Å². The van der Waals surface area contributed by atoms with Gasteiger partial charge in [-0.05, 0) is 48.4 Å². The molecule has 1 aliphatic rings. The molecule has 0 saturated carbocycles. The van der Waals surface area contributed by atoms with Gasteiger partial charge in [0, 0.05) is 48.0 Å². The maximum Gasteiger partial charge on any atom is 0.253 e. The van der Waals surface area contributed by atoms with Gasteiger partial charge in [-0.3, -0.25) is 9.69 Å². The largest absolute Gasteiger partial charge is 0.494 e. The molecule has 0 aliphatic carbocycles. The number of thioether (sulfide) groups is 1. The smallest absolute Gasteiger partial charge is 0.253 e. The van der Waals surface area contributed by atoms with E-state index in [9.17, 15) is 4.79 Å². The van der Waals surface area contributed by atoms with E-state index in [-0.39, 0.29) is 11.9 Å². The summed E-state index contributed by atoms with van der Waals surface area (Å²) in [6, 6.07) is 37.7. The Kier molecular flexibility index (Phi) is 8.79. The molecule has 0 bridgehead atoms. The van der Waals surface area contributed by atoms with Crippen LogP contribution in [-0.2, 0) is 5.75 Å². The minimum atomic E-state index is 0.0923. The van der Waals surface area contributed by atoms with Crippen LogP contribution in [0.3, 0.4) is 0 Å². The van der Waals surface area contributed by atoms with Gasteiger partial charge in [-0.1, -0.05) is 78.9 Å². The van der Waals surface area contributed by atoms with Crippen molar-refractivity contribution >= 4 is 17.7 Å². The highest BCUT2D eigenvalue weighted by atomic mass is 32.2. The van der Waals surface area contributed by atoms with Crippen LogP contribution in [0.1, 0.15) is 40.0 Å². The van der Waals surface area contributed by atoms with Crippen LogP contribution in [0, 0.1) is 0 Å². The molecule has 5 rings (SSSR count). The molecule has 0 atom stereocenters. The highest BCUT2D eigenvalue weighted by molar-refractivity contribution is 7.98. The van der Waals surface area contributed by atoms with Crippen LogP contribution in [0.25, 0.3) is 0 Å². The van der Waals surface area contributed by atoms with Crippen LogP contribution in [0.5, 0.6) is 5.75 Å². The molecule has 5 heteroatoms. The second-order valence-corrected chi connectivity index (χ2v) is 10.5. The summed E-state index contributed by atoms with van der Waals surface area (Å²) in [6.07, 6.45) is 0. The highest BCUT2D eigenvalue weighted by Gasteiger charge is 2.28. The van der Waals surface area contributed by atoms with E-state index in [1.165, 1.54) is 16.0 Å². The number of ether oxygens (including phenoxy) is 1. The highest BCUT2D eigenvalue weighted by Crippen LogP contribution is 2.31. The van der Waals surface area contributed by atoms with Gasteiger partial charge in [0.1, 0.15) is 5.75 Å². The molecule has 0 radical (unpaired) electrons. The summed E-state index contributed by atoms with van der Waals surface area (Å²) in [6.45, 7) is 5.65. The lowest BCUT2D eigenvalue weighted by Gasteiger charge is -2.40. The van der Waals surface area contributed by atoms with Gasteiger partial charge in [-0.15, -0.1) is 11.8 Å². The average molecular weight is 523 g/mol. The maximum atomic E-state index is 13.6. The van der Waals surface area contributed by atoms with Crippen molar-refractivity contribution in [2.24, 2.45) is 0 Å². The first-order chi connectivity index (χ1) is 18.7. The third-order valence-electron chi connectivity index (χ3n) is 6.94. The lowest BCUT2D eigenvalue weighted by Crippen LogP contribution is -2.49. The van der Waals surface area contributed by atoms with Crippen LogP contribution in [-0.4, -0.2) is 48.5 Å². The van der Waals surface area contributed by atoms with E-state index in [4.69, 9.17) is 4.74 Å². The number of hydrogen-bond acceptors (Lipinski definition) is 4. The zero-order chi connectivity index (χ0) is 26.2. The van der Waals surface area contributed by atoms with E-state index >= 15 is 0 Å². The van der Waals surface area contributed by atoms with Crippen LogP contribution >= 0.6 is 11.8 Å². The molecule has 1 saturated heterocycles. The number of benzene rings is 4. The van der Waals surface area contributed by atoms with E-state index < -0.39 is 0 Å². The molecule has 0 aromatic heterocycles. The van der Waals surface area contributed by atoms with Gasteiger partial charge in [-0.2, -0.15) is 0 Å². The van der Waals surface area contributed by atoms with Crippen molar-refractivity contribution in [3.63, 3.8) is 0 Å². The number of amides is 1. The van der Waals surface area contributed by atoms with Crippen molar-refractivity contribution in [1.82, 2.24) is 9.80 Å². The SMILES string of the molecule is CCOc1ccc(C(=O)N2CCN(C(c3ccccc3)c3ccccc3)CC2)cc1CSc1ccccc1. The van der Waals surface area contributed by atoms with E-state index in [0.717, 1.165) is 35.7 Å². The van der Waals surface area contributed by atoms with Gasteiger partial charge in [0.2, 0.25) is 0 Å². The summed E-state index contributed by atoms with van der Waals surface area (Å²) in [7, 11) is 0. The van der Waals surface area contributed by atoms with Crippen LogP contribution in [0.2, 0.25) is 0 Å². The Balaban J connectivity index is 1.29. The second kappa shape index (κ2) is 12.8. The van der Waals surface area contributed by atoms with Crippen molar-refractivity contribution < 1.29 is 9.53 Å². The molecule has 4 nitrogen and oxygen atoms in total. The van der Waals surface area contributed by atoms with Gasteiger partial charge in [0.15, 0.2) is 0 Å². The van der Waals surface area contributed by atoms with Crippen molar-refractivity contribution in [2.45, 2.75) is 23.6 Å². The number of carbonyl (C=O) groups excluding carboxylic acids is 1. The number of carbonyl (C=O) groups is 1. The maximum absolute atomic E-state index is 13.6. The van der Waals surface area contributed by atoms with Crippen LogP contribution in [0.15, 0.2) is 114 Å². The monoisotopic (exact) mass is 522 g/mol. The number of nitrogens with zero attached hydrogens (tertiary/aromatic N) is 2. The molecule has 38 heavy (non-hydrogen) atoms. The Labute approximate surface area is 230 Å². The molecule has 0 unspecified atom stereocenters. The lowest BCUT2D eigenvalue weighted by molar-refractivity contribution is 0.0597. The third-order valence-corrected chi connectivity index (χ3v) is 8.00. The predicted molar refractivity (Wildman–Crippen MR) is 156 cm³/mol. The van der Waals surface area contributed by atoms with Gasteiger partial charge in [0.05, 0.1) is 12.6 Å². The van der Waals surface area contributed by atoms with E-state index in [0.29, 0.717) is 19.7 Å². The molecule has 1 aliphatic heterocycles. The zero-order valence-electron chi connectivity index (χ0n) is 21.8. The summed E-state index contributed by atoms with van der Waals surface area (Å²) >= 11 is 1.76. The molecule has 0 N–H and O–H groups in total. The third kappa shape index (κ3) is 6.29. The van der Waals surface area contributed by atoms with Gasteiger partial charge in [0.25, 0.3) is 5.91 Å². The minimum absolute atomic E-state index is 0.0923. The standard InChI is InChI=1S/C33H34N2O2S/c1-2-37-31-19-18-28(24-29(31)25-38-30-16-10-5-11-17-30)33(36)35-22-20-34(21-23-35)32(26-12-6-3-7-13-26)27-14-8-4-9-15-27/h3-19,24,32H,2,20-23,25H2,1H3.